The van der Waals surface area contributed by atoms with Crippen LogP contribution in [0.4, 0.5) is 0 Å². The average molecular weight is 296 g/mol. The van der Waals surface area contributed by atoms with Gasteiger partial charge in [0.1, 0.15) is 0 Å². The fraction of sp³-hybridized carbons (Fsp3) is 0.562. The van der Waals surface area contributed by atoms with Crippen molar-refractivity contribution in [1.29, 1.82) is 0 Å². The van der Waals surface area contributed by atoms with Gasteiger partial charge in [-0.25, -0.2) is 0 Å². The van der Waals surface area contributed by atoms with Crippen molar-refractivity contribution >= 4 is 17.7 Å². The van der Waals surface area contributed by atoms with Crippen LogP contribution in [0, 0.1) is 0 Å². The second-order valence-corrected chi connectivity index (χ2v) is 6.39. The maximum Gasteiger partial charge on any atom is 0.303 e. The summed E-state index contributed by atoms with van der Waals surface area (Å²) >= 11 is 1.77. The van der Waals surface area contributed by atoms with Gasteiger partial charge in [-0.2, -0.15) is 11.8 Å². The number of hydrogen-bond donors (Lipinski definition) is 2. The Morgan fingerprint density at radius 1 is 1.25 bits per heavy atom. The monoisotopic (exact) mass is 296 g/mol. The molecule has 0 spiro atoms. The Balaban J connectivity index is 2.40. The summed E-state index contributed by atoms with van der Waals surface area (Å²) in [5.74, 6) is 0.177. The zero-order valence-electron chi connectivity index (χ0n) is 12.0. The number of aryl methyl sites for hydroxylation is 1. The molecule has 0 aliphatic rings. The van der Waals surface area contributed by atoms with Gasteiger partial charge in [-0.1, -0.05) is 37.3 Å². The zero-order chi connectivity index (χ0) is 14.8. The smallest absolute Gasteiger partial charge is 0.303 e. The molecule has 0 saturated heterocycles. The van der Waals surface area contributed by atoms with E-state index in [0.717, 1.165) is 18.6 Å². The molecule has 0 bridgehead atoms. The van der Waals surface area contributed by atoms with Crippen LogP contribution in [0.5, 0.6) is 0 Å². The minimum atomic E-state index is -0.791. The van der Waals surface area contributed by atoms with Crippen molar-refractivity contribution in [1.82, 2.24) is 0 Å². The number of aliphatic hydroxyl groups is 1. The summed E-state index contributed by atoms with van der Waals surface area (Å²) < 4.78 is 0. The van der Waals surface area contributed by atoms with Crippen LogP contribution < -0.4 is 0 Å². The van der Waals surface area contributed by atoms with Crippen molar-refractivity contribution in [3.8, 4) is 0 Å². The second kappa shape index (κ2) is 9.83. The van der Waals surface area contributed by atoms with Crippen molar-refractivity contribution in [2.24, 2.45) is 0 Å². The van der Waals surface area contributed by atoms with Crippen molar-refractivity contribution < 1.29 is 15.0 Å². The van der Waals surface area contributed by atoms with Gasteiger partial charge in [0.15, 0.2) is 0 Å². The first-order chi connectivity index (χ1) is 9.63. The van der Waals surface area contributed by atoms with Gasteiger partial charge in [0.25, 0.3) is 0 Å². The van der Waals surface area contributed by atoms with Crippen LogP contribution in [0.3, 0.4) is 0 Å². The van der Waals surface area contributed by atoms with E-state index in [2.05, 4.69) is 19.1 Å². The summed E-state index contributed by atoms with van der Waals surface area (Å²) in [7, 11) is 0. The molecule has 4 heteroatoms. The summed E-state index contributed by atoms with van der Waals surface area (Å²) in [6.45, 7) is 2.09. The first-order valence-corrected chi connectivity index (χ1v) is 8.23. The third-order valence-corrected chi connectivity index (χ3v) is 4.57. The third-order valence-electron chi connectivity index (χ3n) is 3.26. The highest BCUT2D eigenvalue weighted by Gasteiger charge is 2.19. The molecule has 1 aromatic carbocycles. The molecule has 0 aliphatic heterocycles. The van der Waals surface area contributed by atoms with Gasteiger partial charge >= 0.3 is 5.97 Å². The Kier molecular flexibility index (Phi) is 8.38. The largest absolute Gasteiger partial charge is 0.481 e. The lowest BCUT2D eigenvalue weighted by atomic mass is 10.0. The summed E-state index contributed by atoms with van der Waals surface area (Å²) in [5.41, 5.74) is 1.28. The number of thioether (sulfide) groups is 1. The van der Waals surface area contributed by atoms with Crippen LogP contribution >= 0.6 is 11.8 Å². The second-order valence-electron chi connectivity index (χ2n) is 4.87. The third kappa shape index (κ3) is 6.96. The number of hydrogen-bond acceptors (Lipinski definition) is 3. The van der Waals surface area contributed by atoms with Gasteiger partial charge in [-0.05, 0) is 37.0 Å². The molecule has 0 saturated carbocycles. The van der Waals surface area contributed by atoms with E-state index in [1.807, 2.05) is 18.2 Å². The van der Waals surface area contributed by atoms with Crippen molar-refractivity contribution in [3.63, 3.8) is 0 Å². The molecule has 1 rings (SSSR count). The van der Waals surface area contributed by atoms with Crippen molar-refractivity contribution in [2.45, 2.75) is 50.4 Å². The lowest BCUT2D eigenvalue weighted by Crippen LogP contribution is -2.24. The summed E-state index contributed by atoms with van der Waals surface area (Å²) in [6, 6.07) is 10.3. The molecular formula is C16H24O3S. The Morgan fingerprint density at radius 3 is 2.55 bits per heavy atom. The standard InChI is InChI=1S/C16H24O3S/c1-2-20-15(14(17)9-6-10-16(18)19)12-11-13-7-4-3-5-8-13/h3-5,7-8,14-15,17H,2,6,9-12H2,1H3,(H,18,19). The number of carboxylic acids is 1. The fourth-order valence-electron chi connectivity index (χ4n) is 2.20. The molecule has 0 radical (unpaired) electrons. The highest BCUT2D eigenvalue weighted by atomic mass is 32.2. The Labute approximate surface area is 125 Å². The number of carboxylic acid groups (broad SMARTS) is 1. The molecule has 0 amide bonds. The molecule has 2 N–H and O–H groups in total. The summed E-state index contributed by atoms with van der Waals surface area (Å²) in [6.07, 6.45) is 2.72. The Bertz CT molecular complexity index is 381. The minimum absolute atomic E-state index is 0.138. The molecule has 1 aromatic rings. The summed E-state index contributed by atoms with van der Waals surface area (Å²) in [5, 5.41) is 19.0. The van der Waals surface area contributed by atoms with Gasteiger partial charge in [0, 0.05) is 11.7 Å². The van der Waals surface area contributed by atoms with Crippen molar-refractivity contribution in [3.05, 3.63) is 35.9 Å². The van der Waals surface area contributed by atoms with Crippen LogP contribution in [0.1, 0.15) is 38.2 Å². The number of carbonyl (C=O) groups is 1. The Hall–Kier alpha value is -1.00. The molecule has 2 unspecified atom stereocenters. The van der Waals surface area contributed by atoms with Crippen LogP contribution in [0.15, 0.2) is 30.3 Å². The SMILES string of the molecule is CCSC(CCc1ccccc1)C(O)CCCC(=O)O. The van der Waals surface area contributed by atoms with Gasteiger partial charge in [-0.3, -0.25) is 4.79 Å². The predicted octanol–water partition coefficient (Wildman–Crippen LogP) is 3.36. The van der Waals surface area contributed by atoms with E-state index in [1.165, 1.54) is 5.56 Å². The first kappa shape index (κ1) is 17.1. The van der Waals surface area contributed by atoms with Crippen LogP contribution in [-0.2, 0) is 11.2 Å². The van der Waals surface area contributed by atoms with Gasteiger partial charge in [0.2, 0.25) is 0 Å². The van der Waals surface area contributed by atoms with E-state index in [-0.39, 0.29) is 11.7 Å². The zero-order valence-corrected chi connectivity index (χ0v) is 12.8. The van der Waals surface area contributed by atoms with Crippen LogP contribution in [-0.4, -0.2) is 33.3 Å². The number of aliphatic hydroxyl groups excluding tert-OH is 1. The normalized spacial score (nSPS) is 13.9. The maximum atomic E-state index is 10.5. The molecule has 112 valence electrons. The highest BCUT2D eigenvalue weighted by Crippen LogP contribution is 2.23. The van der Waals surface area contributed by atoms with E-state index in [0.29, 0.717) is 12.8 Å². The highest BCUT2D eigenvalue weighted by molar-refractivity contribution is 7.99. The quantitative estimate of drug-likeness (QED) is 0.695. The molecule has 2 atom stereocenters. The van der Waals surface area contributed by atoms with E-state index in [1.54, 1.807) is 11.8 Å². The lowest BCUT2D eigenvalue weighted by molar-refractivity contribution is -0.137. The minimum Gasteiger partial charge on any atom is -0.481 e. The number of rotatable bonds is 10. The van der Waals surface area contributed by atoms with E-state index in [4.69, 9.17) is 5.11 Å². The lowest BCUT2D eigenvalue weighted by Gasteiger charge is -2.22. The van der Waals surface area contributed by atoms with Crippen LogP contribution in [0.2, 0.25) is 0 Å². The summed E-state index contributed by atoms with van der Waals surface area (Å²) in [4.78, 5) is 10.5. The van der Waals surface area contributed by atoms with Crippen molar-refractivity contribution in [2.75, 3.05) is 5.75 Å². The maximum absolute atomic E-state index is 10.5. The van der Waals surface area contributed by atoms with E-state index < -0.39 is 12.1 Å². The van der Waals surface area contributed by atoms with E-state index >= 15 is 0 Å². The average Bonchev–Trinajstić information content (AvgIpc) is 2.44. The first-order valence-electron chi connectivity index (χ1n) is 7.19. The molecular weight excluding hydrogens is 272 g/mol. The Morgan fingerprint density at radius 2 is 1.95 bits per heavy atom. The number of aliphatic carboxylic acids is 1. The van der Waals surface area contributed by atoms with Gasteiger partial charge in [0.05, 0.1) is 6.10 Å². The molecule has 0 aromatic heterocycles. The topological polar surface area (TPSA) is 57.5 Å². The molecule has 0 aliphatic carbocycles. The van der Waals surface area contributed by atoms with Crippen LogP contribution in [0.25, 0.3) is 0 Å². The molecule has 3 nitrogen and oxygen atoms in total. The van der Waals surface area contributed by atoms with Gasteiger partial charge < -0.3 is 10.2 Å². The predicted molar refractivity (Wildman–Crippen MR) is 84.2 cm³/mol. The molecule has 20 heavy (non-hydrogen) atoms. The van der Waals surface area contributed by atoms with Gasteiger partial charge in [-0.15, -0.1) is 0 Å². The fourth-order valence-corrected chi connectivity index (χ4v) is 3.27. The molecule has 0 fully saturated rings. The van der Waals surface area contributed by atoms with E-state index in [9.17, 15) is 9.90 Å². The molecule has 0 heterocycles. The number of benzene rings is 1.